The van der Waals surface area contributed by atoms with Crippen molar-refractivity contribution in [3.63, 3.8) is 0 Å². The zero-order valence-corrected chi connectivity index (χ0v) is 9.27. The lowest BCUT2D eigenvalue weighted by Crippen LogP contribution is -2.44. The average Bonchev–Trinajstić information content (AvgIpc) is 2.32. The topological polar surface area (TPSA) is 78.4 Å². The van der Waals surface area contributed by atoms with E-state index in [4.69, 9.17) is 5.11 Å². The predicted molar refractivity (Wildman–Crippen MR) is 63.1 cm³/mol. The van der Waals surface area contributed by atoms with Gasteiger partial charge in [0.15, 0.2) is 0 Å². The molecule has 1 aliphatic heterocycles. The van der Waals surface area contributed by atoms with Crippen LogP contribution in [0.5, 0.6) is 0 Å². The maximum Gasteiger partial charge on any atom is 0.337 e. The second-order valence-corrected chi connectivity index (χ2v) is 3.98. The number of aromatic carboxylic acids is 1. The van der Waals surface area contributed by atoms with Crippen LogP contribution in [0.4, 0.5) is 5.69 Å². The average molecular weight is 234 g/mol. The molecule has 0 saturated carbocycles. The van der Waals surface area contributed by atoms with E-state index in [-0.39, 0.29) is 17.5 Å². The number of rotatable bonds is 3. The maximum absolute atomic E-state index is 11.6. The molecule has 5 nitrogen and oxygen atoms in total. The summed E-state index contributed by atoms with van der Waals surface area (Å²) in [7, 11) is 0. The van der Waals surface area contributed by atoms with E-state index in [9.17, 15) is 9.59 Å². The van der Waals surface area contributed by atoms with Crippen molar-refractivity contribution in [2.24, 2.45) is 0 Å². The molecule has 1 heterocycles. The first-order valence-electron chi connectivity index (χ1n) is 5.55. The first-order chi connectivity index (χ1) is 8.18. The molecule has 0 aliphatic carbocycles. The van der Waals surface area contributed by atoms with Crippen molar-refractivity contribution < 1.29 is 14.7 Å². The van der Waals surface area contributed by atoms with Gasteiger partial charge in [0.2, 0.25) is 5.91 Å². The number of hydrogen-bond acceptors (Lipinski definition) is 3. The summed E-state index contributed by atoms with van der Waals surface area (Å²) in [4.78, 5) is 22.6. The van der Waals surface area contributed by atoms with Gasteiger partial charge in [0.25, 0.3) is 0 Å². The van der Waals surface area contributed by atoms with Crippen LogP contribution in [0.15, 0.2) is 24.3 Å². The number of amides is 1. The van der Waals surface area contributed by atoms with Crippen LogP contribution in [0.3, 0.4) is 0 Å². The fourth-order valence-electron chi connectivity index (χ4n) is 1.89. The van der Waals surface area contributed by atoms with Gasteiger partial charge in [-0.3, -0.25) is 4.79 Å². The van der Waals surface area contributed by atoms with Gasteiger partial charge in [-0.25, -0.2) is 4.79 Å². The summed E-state index contributed by atoms with van der Waals surface area (Å²) in [6, 6.07) is 6.26. The Hall–Kier alpha value is -2.04. The second kappa shape index (κ2) is 4.86. The van der Waals surface area contributed by atoms with Gasteiger partial charge < -0.3 is 15.7 Å². The molecule has 0 spiro atoms. The number of carboxylic acids is 1. The molecule has 1 unspecified atom stereocenters. The highest BCUT2D eigenvalue weighted by Crippen LogP contribution is 2.18. The molecular formula is C12H14N2O3. The fraction of sp³-hybridized carbons (Fsp3) is 0.333. The molecular weight excluding hydrogens is 220 g/mol. The van der Waals surface area contributed by atoms with Crippen molar-refractivity contribution in [2.75, 3.05) is 11.9 Å². The van der Waals surface area contributed by atoms with Gasteiger partial charge in [-0.1, -0.05) is 12.1 Å². The molecule has 1 saturated heterocycles. The molecule has 90 valence electrons. The van der Waals surface area contributed by atoms with Gasteiger partial charge >= 0.3 is 5.97 Å². The van der Waals surface area contributed by atoms with Crippen molar-refractivity contribution in [1.29, 1.82) is 0 Å². The summed E-state index contributed by atoms with van der Waals surface area (Å²) in [5.41, 5.74) is 0.674. The molecule has 1 aliphatic rings. The molecule has 5 heteroatoms. The van der Waals surface area contributed by atoms with Crippen LogP contribution in [-0.4, -0.2) is 29.6 Å². The van der Waals surface area contributed by atoms with Crippen molar-refractivity contribution in [3.8, 4) is 0 Å². The maximum atomic E-state index is 11.6. The van der Waals surface area contributed by atoms with Crippen LogP contribution in [0.1, 0.15) is 23.2 Å². The number of nitrogens with one attached hydrogen (secondary N) is 2. The van der Waals surface area contributed by atoms with E-state index in [0.717, 1.165) is 12.8 Å². The summed E-state index contributed by atoms with van der Waals surface area (Å²) < 4.78 is 0. The van der Waals surface area contributed by atoms with Crippen molar-refractivity contribution in [2.45, 2.75) is 18.9 Å². The third-order valence-electron chi connectivity index (χ3n) is 2.77. The number of carbonyl (C=O) groups excluding carboxylic acids is 1. The van der Waals surface area contributed by atoms with Gasteiger partial charge in [-0.2, -0.15) is 0 Å². The molecule has 17 heavy (non-hydrogen) atoms. The molecule has 1 fully saturated rings. The minimum absolute atomic E-state index is 0.0727. The molecule has 0 bridgehead atoms. The predicted octanol–water partition coefficient (Wildman–Crippen LogP) is 1.08. The van der Waals surface area contributed by atoms with Crippen LogP contribution in [0, 0.1) is 0 Å². The van der Waals surface area contributed by atoms with E-state index in [1.54, 1.807) is 18.2 Å². The molecule has 1 aromatic rings. The van der Waals surface area contributed by atoms with Crippen LogP contribution < -0.4 is 10.6 Å². The van der Waals surface area contributed by atoms with Crippen LogP contribution in [0.25, 0.3) is 0 Å². The van der Waals surface area contributed by atoms with E-state index in [1.165, 1.54) is 6.07 Å². The summed E-state index contributed by atoms with van der Waals surface area (Å²) in [6.07, 6.45) is 1.62. The first kappa shape index (κ1) is 11.4. The number of para-hydroxylation sites is 1. The summed E-state index contributed by atoms with van der Waals surface area (Å²) >= 11 is 0. The van der Waals surface area contributed by atoms with Gasteiger partial charge in [0.1, 0.15) is 6.04 Å². The molecule has 0 radical (unpaired) electrons. The fourth-order valence-corrected chi connectivity index (χ4v) is 1.89. The lowest BCUT2D eigenvalue weighted by Gasteiger charge is -2.24. The van der Waals surface area contributed by atoms with Gasteiger partial charge in [0.05, 0.1) is 5.56 Å². The molecule has 1 aromatic carbocycles. The lowest BCUT2D eigenvalue weighted by atomic mass is 10.1. The number of carboxylic acid groups (broad SMARTS) is 1. The van der Waals surface area contributed by atoms with Gasteiger partial charge in [0, 0.05) is 12.2 Å². The SMILES string of the molecule is O=C(O)c1ccccc1NC1CCCNC1=O. The highest BCUT2D eigenvalue weighted by atomic mass is 16.4. The molecule has 3 N–H and O–H groups in total. The molecule has 2 rings (SSSR count). The summed E-state index contributed by atoms with van der Waals surface area (Å²) in [6.45, 7) is 0.692. The molecule has 0 aromatic heterocycles. The Morgan fingerprint density at radius 3 is 2.88 bits per heavy atom. The minimum atomic E-state index is -0.996. The van der Waals surface area contributed by atoms with E-state index >= 15 is 0 Å². The smallest absolute Gasteiger partial charge is 0.337 e. The second-order valence-electron chi connectivity index (χ2n) is 3.98. The Bertz CT molecular complexity index is 445. The highest BCUT2D eigenvalue weighted by molar-refractivity contribution is 5.95. The minimum Gasteiger partial charge on any atom is -0.478 e. The summed E-state index contributed by atoms with van der Waals surface area (Å²) in [5.74, 6) is -1.07. The Morgan fingerprint density at radius 2 is 2.18 bits per heavy atom. The largest absolute Gasteiger partial charge is 0.478 e. The molecule has 1 amide bonds. The highest BCUT2D eigenvalue weighted by Gasteiger charge is 2.23. The Morgan fingerprint density at radius 1 is 1.41 bits per heavy atom. The normalized spacial score (nSPS) is 19.5. The van der Waals surface area contributed by atoms with Gasteiger partial charge in [-0.05, 0) is 25.0 Å². The van der Waals surface area contributed by atoms with Crippen LogP contribution in [0.2, 0.25) is 0 Å². The third kappa shape index (κ3) is 2.55. The van der Waals surface area contributed by atoms with E-state index in [2.05, 4.69) is 10.6 Å². The quantitative estimate of drug-likeness (QED) is 0.731. The number of piperidine rings is 1. The monoisotopic (exact) mass is 234 g/mol. The summed E-state index contributed by atoms with van der Waals surface area (Å²) in [5, 5.41) is 14.8. The number of carbonyl (C=O) groups is 2. The zero-order chi connectivity index (χ0) is 12.3. The number of hydrogen-bond donors (Lipinski definition) is 3. The Labute approximate surface area is 98.8 Å². The number of anilines is 1. The van der Waals surface area contributed by atoms with Crippen molar-refractivity contribution in [3.05, 3.63) is 29.8 Å². The standard InChI is InChI=1S/C12H14N2O3/c15-11-10(6-3-7-13-11)14-9-5-2-1-4-8(9)12(16)17/h1-2,4-5,10,14H,3,6-7H2,(H,13,15)(H,16,17). The lowest BCUT2D eigenvalue weighted by molar-refractivity contribution is -0.123. The van der Waals surface area contributed by atoms with Gasteiger partial charge in [-0.15, -0.1) is 0 Å². The molecule has 1 atom stereocenters. The van der Waals surface area contributed by atoms with Crippen molar-refractivity contribution in [1.82, 2.24) is 5.32 Å². The first-order valence-corrected chi connectivity index (χ1v) is 5.55. The van der Waals surface area contributed by atoms with E-state index < -0.39 is 5.97 Å². The van der Waals surface area contributed by atoms with E-state index in [1.807, 2.05) is 0 Å². The number of benzene rings is 1. The Kier molecular flexibility index (Phi) is 3.27. The van der Waals surface area contributed by atoms with E-state index in [0.29, 0.717) is 12.2 Å². The van der Waals surface area contributed by atoms with Crippen LogP contribution in [-0.2, 0) is 4.79 Å². The van der Waals surface area contributed by atoms with Crippen molar-refractivity contribution >= 4 is 17.6 Å². The Balaban J connectivity index is 2.17. The zero-order valence-electron chi connectivity index (χ0n) is 9.27. The van der Waals surface area contributed by atoms with Crippen LogP contribution >= 0.6 is 0 Å². The third-order valence-corrected chi connectivity index (χ3v) is 2.77.